The van der Waals surface area contributed by atoms with Crippen LogP contribution in [0.1, 0.15) is 13.3 Å². The molecule has 4 heteroatoms. The minimum absolute atomic E-state index is 0.311. The lowest BCUT2D eigenvalue weighted by Crippen LogP contribution is -2.46. The zero-order valence-electron chi connectivity index (χ0n) is 11.3. The number of hydrogen-bond donors (Lipinski definition) is 1. The second-order valence-electron chi connectivity index (χ2n) is 4.91. The first-order valence-electron chi connectivity index (χ1n) is 6.38. The van der Waals surface area contributed by atoms with Crippen LogP contribution >= 0.6 is 0 Å². The van der Waals surface area contributed by atoms with Crippen molar-refractivity contribution in [1.29, 1.82) is 0 Å². The van der Waals surface area contributed by atoms with Crippen LogP contribution in [0.4, 0.5) is 5.69 Å². The number of methoxy groups -OCH3 is 2. The van der Waals surface area contributed by atoms with Gasteiger partial charge in [-0.3, -0.25) is 0 Å². The van der Waals surface area contributed by atoms with Crippen LogP contribution in [0.15, 0.2) is 18.2 Å². The van der Waals surface area contributed by atoms with Gasteiger partial charge in [0.2, 0.25) is 0 Å². The molecule has 2 unspecified atom stereocenters. The Morgan fingerprint density at radius 3 is 2.67 bits per heavy atom. The lowest BCUT2D eigenvalue weighted by molar-refractivity contribution is 0.371. The van der Waals surface area contributed by atoms with Crippen molar-refractivity contribution in [2.24, 2.45) is 11.7 Å². The standard InChI is InChI=1S/C14H22N2O2/c1-10-9-16(7-6-12(10)15)13-5-4-11(17-2)8-14(13)18-3/h4-5,8,10,12H,6-7,9,15H2,1-3H3. The third kappa shape index (κ3) is 2.53. The summed E-state index contributed by atoms with van der Waals surface area (Å²) >= 11 is 0. The topological polar surface area (TPSA) is 47.7 Å². The van der Waals surface area contributed by atoms with E-state index in [1.807, 2.05) is 12.1 Å². The summed E-state index contributed by atoms with van der Waals surface area (Å²) in [6.07, 6.45) is 1.02. The highest BCUT2D eigenvalue weighted by Crippen LogP contribution is 2.34. The highest BCUT2D eigenvalue weighted by Gasteiger charge is 2.24. The van der Waals surface area contributed by atoms with E-state index in [0.29, 0.717) is 12.0 Å². The van der Waals surface area contributed by atoms with Gasteiger partial charge >= 0.3 is 0 Å². The van der Waals surface area contributed by atoms with E-state index in [2.05, 4.69) is 17.9 Å². The number of piperidine rings is 1. The first kappa shape index (κ1) is 13.0. The summed E-state index contributed by atoms with van der Waals surface area (Å²) in [4.78, 5) is 2.34. The molecule has 0 spiro atoms. The SMILES string of the molecule is COc1ccc(N2CCC(N)C(C)C2)c(OC)c1. The van der Waals surface area contributed by atoms with Gasteiger partial charge < -0.3 is 20.1 Å². The quantitative estimate of drug-likeness (QED) is 0.889. The molecule has 18 heavy (non-hydrogen) atoms. The van der Waals surface area contributed by atoms with E-state index in [1.54, 1.807) is 14.2 Å². The summed E-state index contributed by atoms with van der Waals surface area (Å²) in [5.41, 5.74) is 7.18. The van der Waals surface area contributed by atoms with Gasteiger partial charge in [0.25, 0.3) is 0 Å². The van der Waals surface area contributed by atoms with E-state index in [9.17, 15) is 0 Å². The fourth-order valence-electron chi connectivity index (χ4n) is 2.43. The lowest BCUT2D eigenvalue weighted by atomic mass is 9.94. The van der Waals surface area contributed by atoms with Crippen molar-refractivity contribution in [3.8, 4) is 11.5 Å². The summed E-state index contributed by atoms with van der Waals surface area (Å²) in [7, 11) is 3.35. The molecule has 0 bridgehead atoms. The number of nitrogens with zero attached hydrogens (tertiary/aromatic N) is 1. The lowest BCUT2D eigenvalue weighted by Gasteiger charge is -2.37. The van der Waals surface area contributed by atoms with Gasteiger partial charge in [-0.15, -0.1) is 0 Å². The predicted molar refractivity (Wildman–Crippen MR) is 73.5 cm³/mol. The van der Waals surface area contributed by atoms with E-state index < -0.39 is 0 Å². The first-order chi connectivity index (χ1) is 8.65. The normalized spacial score (nSPS) is 23.9. The maximum Gasteiger partial charge on any atom is 0.145 e. The maximum atomic E-state index is 6.06. The Kier molecular flexibility index (Phi) is 3.97. The molecule has 4 nitrogen and oxygen atoms in total. The van der Waals surface area contributed by atoms with Crippen molar-refractivity contribution in [1.82, 2.24) is 0 Å². The van der Waals surface area contributed by atoms with Crippen molar-refractivity contribution in [3.05, 3.63) is 18.2 Å². The molecule has 1 aliphatic heterocycles. The first-order valence-corrected chi connectivity index (χ1v) is 6.38. The van der Waals surface area contributed by atoms with Crippen LogP contribution in [0.3, 0.4) is 0 Å². The van der Waals surface area contributed by atoms with E-state index in [-0.39, 0.29) is 0 Å². The number of nitrogens with two attached hydrogens (primary N) is 1. The predicted octanol–water partition coefficient (Wildman–Crippen LogP) is 1.88. The van der Waals surface area contributed by atoms with Gasteiger partial charge in [0.05, 0.1) is 19.9 Å². The van der Waals surface area contributed by atoms with Crippen molar-refractivity contribution in [3.63, 3.8) is 0 Å². The second-order valence-corrected chi connectivity index (χ2v) is 4.91. The van der Waals surface area contributed by atoms with Crippen molar-refractivity contribution in [2.75, 3.05) is 32.2 Å². The molecule has 2 N–H and O–H groups in total. The molecule has 1 aliphatic rings. The Morgan fingerprint density at radius 2 is 2.06 bits per heavy atom. The molecule has 0 aliphatic carbocycles. The Balaban J connectivity index is 2.22. The average molecular weight is 250 g/mol. The van der Waals surface area contributed by atoms with Crippen LogP contribution in [-0.4, -0.2) is 33.4 Å². The van der Waals surface area contributed by atoms with E-state index in [4.69, 9.17) is 15.2 Å². The average Bonchev–Trinajstić information content (AvgIpc) is 2.41. The molecular weight excluding hydrogens is 228 g/mol. The maximum absolute atomic E-state index is 6.06. The van der Waals surface area contributed by atoms with E-state index in [1.165, 1.54) is 0 Å². The fourth-order valence-corrected chi connectivity index (χ4v) is 2.43. The fraction of sp³-hybridized carbons (Fsp3) is 0.571. The molecular formula is C14H22N2O2. The highest BCUT2D eigenvalue weighted by atomic mass is 16.5. The monoisotopic (exact) mass is 250 g/mol. The molecule has 1 heterocycles. The summed E-state index contributed by atoms with van der Waals surface area (Å²) in [6.45, 7) is 4.16. The number of hydrogen-bond acceptors (Lipinski definition) is 4. The molecule has 1 saturated heterocycles. The Bertz CT molecular complexity index is 409. The minimum atomic E-state index is 0.311. The Hall–Kier alpha value is -1.42. The Labute approximate surface area is 109 Å². The Morgan fingerprint density at radius 1 is 1.28 bits per heavy atom. The minimum Gasteiger partial charge on any atom is -0.497 e. The highest BCUT2D eigenvalue weighted by molar-refractivity contribution is 5.61. The molecule has 0 amide bonds. The third-order valence-corrected chi connectivity index (χ3v) is 3.70. The van der Waals surface area contributed by atoms with Crippen molar-refractivity contribution >= 4 is 5.69 Å². The van der Waals surface area contributed by atoms with Gasteiger partial charge in [-0.1, -0.05) is 6.92 Å². The largest absolute Gasteiger partial charge is 0.497 e. The van der Waals surface area contributed by atoms with Crippen molar-refractivity contribution in [2.45, 2.75) is 19.4 Å². The van der Waals surface area contributed by atoms with Crippen LogP contribution in [0.25, 0.3) is 0 Å². The zero-order valence-corrected chi connectivity index (χ0v) is 11.3. The molecule has 100 valence electrons. The van der Waals surface area contributed by atoms with Gasteiger partial charge in [0, 0.05) is 25.2 Å². The van der Waals surface area contributed by atoms with E-state index in [0.717, 1.165) is 36.7 Å². The van der Waals surface area contributed by atoms with Gasteiger partial charge in [-0.2, -0.15) is 0 Å². The summed E-state index contributed by atoms with van der Waals surface area (Å²) in [5.74, 6) is 2.18. The van der Waals surface area contributed by atoms with Gasteiger partial charge in [0.1, 0.15) is 11.5 Å². The smallest absolute Gasteiger partial charge is 0.145 e. The number of ether oxygens (including phenoxy) is 2. The zero-order chi connectivity index (χ0) is 13.1. The van der Waals surface area contributed by atoms with Gasteiger partial charge in [-0.25, -0.2) is 0 Å². The molecule has 0 radical (unpaired) electrons. The summed E-state index contributed by atoms with van der Waals surface area (Å²) in [5, 5.41) is 0. The summed E-state index contributed by atoms with van der Waals surface area (Å²) in [6, 6.07) is 6.26. The van der Waals surface area contributed by atoms with Crippen LogP contribution < -0.4 is 20.1 Å². The van der Waals surface area contributed by atoms with E-state index >= 15 is 0 Å². The summed E-state index contributed by atoms with van der Waals surface area (Å²) < 4.78 is 10.7. The number of rotatable bonds is 3. The molecule has 1 aromatic carbocycles. The number of anilines is 1. The molecule has 0 saturated carbocycles. The van der Waals surface area contributed by atoms with Gasteiger partial charge in [0.15, 0.2) is 0 Å². The molecule has 2 atom stereocenters. The molecule has 0 aromatic heterocycles. The van der Waals surface area contributed by atoms with Gasteiger partial charge in [-0.05, 0) is 24.5 Å². The van der Waals surface area contributed by atoms with Crippen LogP contribution in [0.5, 0.6) is 11.5 Å². The van der Waals surface area contributed by atoms with Crippen molar-refractivity contribution < 1.29 is 9.47 Å². The van der Waals surface area contributed by atoms with Crippen LogP contribution in [-0.2, 0) is 0 Å². The number of benzene rings is 1. The van der Waals surface area contributed by atoms with Crippen LogP contribution in [0, 0.1) is 5.92 Å². The van der Waals surface area contributed by atoms with Crippen LogP contribution in [0.2, 0.25) is 0 Å². The molecule has 1 fully saturated rings. The molecule has 2 rings (SSSR count). The molecule has 1 aromatic rings. The second kappa shape index (κ2) is 5.48. The third-order valence-electron chi connectivity index (χ3n) is 3.70.